The Morgan fingerprint density at radius 3 is 2.50 bits per heavy atom. The van der Waals surface area contributed by atoms with Crippen LogP contribution in [0.5, 0.6) is 5.75 Å². The van der Waals surface area contributed by atoms with Crippen LogP contribution in [0.25, 0.3) is 0 Å². The van der Waals surface area contributed by atoms with E-state index in [1.807, 2.05) is 0 Å². The molecule has 0 amide bonds. The highest BCUT2D eigenvalue weighted by Gasteiger charge is 2.35. The van der Waals surface area contributed by atoms with Crippen LogP contribution in [-0.4, -0.2) is 11.5 Å². The smallest absolute Gasteiger partial charge is 0.405 e. The molecule has 2 nitrogen and oxygen atoms in total. The van der Waals surface area contributed by atoms with Crippen molar-refractivity contribution in [3.05, 3.63) is 29.3 Å². The van der Waals surface area contributed by atoms with Gasteiger partial charge in [-0.25, -0.2) is 0 Å². The van der Waals surface area contributed by atoms with Crippen LogP contribution < -0.4 is 4.74 Å². The van der Waals surface area contributed by atoms with E-state index in [0.717, 1.165) is 12.8 Å². The predicted octanol–water partition coefficient (Wildman–Crippen LogP) is 2.95. The largest absolute Gasteiger partial charge is 0.573 e. The molecule has 0 spiro atoms. The zero-order valence-electron chi connectivity index (χ0n) is 8.42. The minimum atomic E-state index is -4.66. The van der Waals surface area contributed by atoms with E-state index in [-0.39, 0.29) is 18.3 Å². The number of benzene rings is 1. The molecule has 1 fully saturated rings. The molecule has 1 aliphatic rings. The summed E-state index contributed by atoms with van der Waals surface area (Å²) < 4.78 is 40.3. The highest BCUT2D eigenvalue weighted by molar-refractivity contribution is 5.41. The lowest BCUT2D eigenvalue weighted by Gasteiger charge is -2.13. The van der Waals surface area contributed by atoms with Gasteiger partial charge in [0.05, 0.1) is 6.61 Å². The molecular formula is C11H11F3O2. The summed E-state index contributed by atoms with van der Waals surface area (Å²) in [4.78, 5) is 0. The lowest BCUT2D eigenvalue weighted by atomic mass is 10.1. The van der Waals surface area contributed by atoms with Crippen LogP contribution >= 0.6 is 0 Å². The Morgan fingerprint density at radius 2 is 2.00 bits per heavy atom. The number of hydrogen-bond donors (Lipinski definition) is 1. The van der Waals surface area contributed by atoms with Crippen molar-refractivity contribution in [1.82, 2.24) is 0 Å². The van der Waals surface area contributed by atoms with Crippen LogP contribution in [0.2, 0.25) is 0 Å². The van der Waals surface area contributed by atoms with E-state index in [1.54, 1.807) is 6.07 Å². The summed E-state index contributed by atoms with van der Waals surface area (Å²) in [6, 6.07) is 4.29. The van der Waals surface area contributed by atoms with Crippen LogP contribution in [0.3, 0.4) is 0 Å². The predicted molar refractivity (Wildman–Crippen MR) is 51.0 cm³/mol. The van der Waals surface area contributed by atoms with Gasteiger partial charge in [-0.1, -0.05) is 6.07 Å². The third-order valence-electron chi connectivity index (χ3n) is 2.50. The Balaban J connectivity index is 2.29. The minimum absolute atomic E-state index is 0.142. The fourth-order valence-corrected chi connectivity index (χ4v) is 1.63. The van der Waals surface area contributed by atoms with Crippen LogP contribution in [0.1, 0.15) is 29.9 Å². The van der Waals surface area contributed by atoms with Gasteiger partial charge >= 0.3 is 6.36 Å². The maximum Gasteiger partial charge on any atom is 0.573 e. The highest BCUT2D eigenvalue weighted by atomic mass is 19.4. The number of ether oxygens (including phenoxy) is 1. The van der Waals surface area contributed by atoms with E-state index in [9.17, 15) is 13.2 Å². The first kappa shape index (κ1) is 11.3. The van der Waals surface area contributed by atoms with Crippen molar-refractivity contribution < 1.29 is 23.0 Å². The molecule has 0 bridgehead atoms. The van der Waals surface area contributed by atoms with E-state index in [2.05, 4.69) is 4.74 Å². The van der Waals surface area contributed by atoms with Crippen molar-refractivity contribution in [3.8, 4) is 5.75 Å². The molecular weight excluding hydrogens is 221 g/mol. The third-order valence-corrected chi connectivity index (χ3v) is 2.50. The SMILES string of the molecule is OCc1ccc(OC(F)(F)F)c(C2CC2)c1. The molecule has 2 rings (SSSR count). The number of rotatable bonds is 3. The topological polar surface area (TPSA) is 29.5 Å². The summed E-state index contributed by atoms with van der Waals surface area (Å²) in [5.41, 5.74) is 1.15. The maximum atomic E-state index is 12.1. The molecule has 0 heterocycles. The molecule has 0 saturated heterocycles. The molecule has 1 saturated carbocycles. The number of alkyl halides is 3. The van der Waals surface area contributed by atoms with Gasteiger partial charge < -0.3 is 9.84 Å². The van der Waals surface area contributed by atoms with Crippen LogP contribution in [0.15, 0.2) is 18.2 Å². The molecule has 16 heavy (non-hydrogen) atoms. The van der Waals surface area contributed by atoms with Crippen LogP contribution in [-0.2, 0) is 6.61 Å². The van der Waals surface area contributed by atoms with Crippen molar-refractivity contribution in [1.29, 1.82) is 0 Å². The van der Waals surface area contributed by atoms with Crippen molar-refractivity contribution >= 4 is 0 Å². The molecule has 0 aliphatic heterocycles. The first-order valence-corrected chi connectivity index (χ1v) is 4.99. The van der Waals surface area contributed by atoms with E-state index in [4.69, 9.17) is 5.11 Å². The number of halogens is 3. The monoisotopic (exact) mass is 232 g/mol. The lowest BCUT2D eigenvalue weighted by Crippen LogP contribution is -2.18. The van der Waals surface area contributed by atoms with Gasteiger partial charge in [0, 0.05) is 0 Å². The second-order valence-corrected chi connectivity index (χ2v) is 3.85. The minimum Gasteiger partial charge on any atom is -0.405 e. The molecule has 0 unspecified atom stereocenters. The Hall–Kier alpha value is -1.23. The van der Waals surface area contributed by atoms with E-state index >= 15 is 0 Å². The first-order chi connectivity index (χ1) is 7.49. The van der Waals surface area contributed by atoms with Crippen molar-refractivity contribution in [2.45, 2.75) is 31.7 Å². The summed E-state index contributed by atoms with van der Waals surface area (Å²) in [6.45, 7) is -0.175. The molecule has 0 radical (unpaired) electrons. The Labute approximate surface area is 90.7 Å². The van der Waals surface area contributed by atoms with E-state index in [0.29, 0.717) is 11.1 Å². The summed E-state index contributed by atoms with van der Waals surface area (Å²) in [6.07, 6.45) is -2.91. The fourth-order valence-electron chi connectivity index (χ4n) is 1.63. The van der Waals surface area contributed by atoms with E-state index in [1.165, 1.54) is 12.1 Å². The summed E-state index contributed by atoms with van der Waals surface area (Å²) in [5.74, 6) is -0.00366. The van der Waals surface area contributed by atoms with Gasteiger partial charge in [-0.05, 0) is 42.0 Å². The number of aliphatic hydroxyl groups is 1. The van der Waals surface area contributed by atoms with Crippen LogP contribution in [0.4, 0.5) is 13.2 Å². The zero-order chi connectivity index (χ0) is 11.8. The average molecular weight is 232 g/mol. The summed E-state index contributed by atoms with van der Waals surface area (Å²) in [5, 5.41) is 8.92. The average Bonchev–Trinajstić information content (AvgIpc) is 2.99. The van der Waals surface area contributed by atoms with Gasteiger partial charge in [0.2, 0.25) is 0 Å². The van der Waals surface area contributed by atoms with Gasteiger partial charge in [0.1, 0.15) is 5.75 Å². The molecule has 1 aromatic rings. The molecule has 0 aromatic heterocycles. The fraction of sp³-hybridized carbons (Fsp3) is 0.455. The highest BCUT2D eigenvalue weighted by Crippen LogP contribution is 2.45. The molecule has 5 heteroatoms. The van der Waals surface area contributed by atoms with Crippen molar-refractivity contribution in [3.63, 3.8) is 0 Å². The quantitative estimate of drug-likeness (QED) is 0.868. The molecule has 88 valence electrons. The maximum absolute atomic E-state index is 12.1. The van der Waals surface area contributed by atoms with Gasteiger partial charge in [0.15, 0.2) is 0 Å². The standard InChI is InChI=1S/C11H11F3O2/c12-11(13,14)16-10-4-1-7(6-15)5-9(10)8-2-3-8/h1,4-5,8,15H,2-3,6H2. The molecule has 1 aromatic carbocycles. The Bertz CT molecular complexity index is 383. The number of hydrogen-bond acceptors (Lipinski definition) is 2. The Morgan fingerprint density at radius 1 is 1.31 bits per heavy atom. The summed E-state index contributed by atoms with van der Waals surface area (Å²) >= 11 is 0. The Kier molecular flexibility index (Phi) is 2.80. The second-order valence-electron chi connectivity index (χ2n) is 3.85. The summed E-state index contributed by atoms with van der Waals surface area (Å²) in [7, 11) is 0. The molecule has 0 atom stereocenters. The zero-order valence-corrected chi connectivity index (χ0v) is 8.42. The molecule has 1 N–H and O–H groups in total. The van der Waals surface area contributed by atoms with Gasteiger partial charge in [-0.15, -0.1) is 13.2 Å². The molecule has 1 aliphatic carbocycles. The van der Waals surface area contributed by atoms with Gasteiger partial charge in [-0.3, -0.25) is 0 Å². The second kappa shape index (κ2) is 3.97. The van der Waals surface area contributed by atoms with Crippen molar-refractivity contribution in [2.75, 3.05) is 0 Å². The normalized spacial score (nSPS) is 16.2. The third kappa shape index (κ3) is 2.66. The lowest BCUT2D eigenvalue weighted by molar-refractivity contribution is -0.274. The van der Waals surface area contributed by atoms with Crippen LogP contribution in [0, 0.1) is 0 Å². The van der Waals surface area contributed by atoms with E-state index < -0.39 is 6.36 Å². The van der Waals surface area contributed by atoms with Gasteiger partial charge in [-0.2, -0.15) is 0 Å². The van der Waals surface area contributed by atoms with Crippen molar-refractivity contribution in [2.24, 2.45) is 0 Å². The van der Waals surface area contributed by atoms with Gasteiger partial charge in [0.25, 0.3) is 0 Å². The first-order valence-electron chi connectivity index (χ1n) is 4.99. The number of aliphatic hydroxyl groups excluding tert-OH is 1.